The van der Waals surface area contributed by atoms with Crippen molar-refractivity contribution < 1.29 is 0 Å². The van der Waals surface area contributed by atoms with Crippen LogP contribution in [0.2, 0.25) is 0 Å². The van der Waals surface area contributed by atoms with E-state index in [1.165, 1.54) is 5.56 Å². The van der Waals surface area contributed by atoms with Crippen molar-refractivity contribution in [3.8, 4) is 0 Å². The molecule has 2 heteroatoms. The molecule has 0 unspecified atom stereocenters. The number of rotatable bonds is 4. The second-order valence-electron chi connectivity index (χ2n) is 4.65. The van der Waals surface area contributed by atoms with Crippen LogP contribution < -0.4 is 0 Å². The monoisotopic (exact) mass is 206 g/mol. The largest absolute Gasteiger partial charge is 0.155 e. The molecule has 84 valence electrons. The molecule has 0 saturated heterocycles. The van der Waals surface area contributed by atoms with Crippen molar-refractivity contribution in [3.05, 3.63) is 23.0 Å². The summed E-state index contributed by atoms with van der Waals surface area (Å²) in [5.74, 6) is 0. The van der Waals surface area contributed by atoms with Crippen molar-refractivity contribution in [2.45, 2.75) is 59.3 Å². The third-order valence-electron chi connectivity index (χ3n) is 3.25. The first kappa shape index (κ1) is 12.2. The van der Waals surface area contributed by atoms with Crippen molar-refractivity contribution in [1.82, 2.24) is 10.2 Å². The summed E-state index contributed by atoms with van der Waals surface area (Å²) in [5, 5.41) is 8.68. The summed E-state index contributed by atoms with van der Waals surface area (Å²) in [7, 11) is 0. The topological polar surface area (TPSA) is 25.8 Å². The van der Waals surface area contributed by atoms with E-state index in [9.17, 15) is 0 Å². The lowest BCUT2D eigenvalue weighted by atomic mass is 9.85. The second-order valence-corrected chi connectivity index (χ2v) is 4.65. The molecule has 1 aromatic rings. The zero-order valence-corrected chi connectivity index (χ0v) is 10.6. The fraction of sp³-hybridized carbons (Fsp3) is 0.692. The normalized spacial score (nSPS) is 11.8. The van der Waals surface area contributed by atoms with Crippen molar-refractivity contribution in [2.75, 3.05) is 0 Å². The van der Waals surface area contributed by atoms with Crippen LogP contribution in [-0.4, -0.2) is 10.2 Å². The van der Waals surface area contributed by atoms with E-state index in [-0.39, 0.29) is 5.41 Å². The van der Waals surface area contributed by atoms with Gasteiger partial charge in [0.15, 0.2) is 0 Å². The number of nitrogens with zero attached hydrogens (tertiary/aromatic N) is 2. The highest BCUT2D eigenvalue weighted by molar-refractivity contribution is 5.25. The molecule has 15 heavy (non-hydrogen) atoms. The molecular formula is C13H22N2. The smallest absolute Gasteiger partial charge is 0.0690 e. The van der Waals surface area contributed by atoms with Crippen LogP contribution in [-0.2, 0) is 18.3 Å². The molecule has 0 N–H and O–H groups in total. The van der Waals surface area contributed by atoms with Gasteiger partial charge in [-0.15, -0.1) is 0 Å². The summed E-state index contributed by atoms with van der Waals surface area (Å²) in [5.41, 5.74) is 3.76. The van der Waals surface area contributed by atoms with Gasteiger partial charge in [-0.1, -0.05) is 34.6 Å². The Morgan fingerprint density at radius 2 is 1.73 bits per heavy atom. The average Bonchev–Trinajstić information content (AvgIpc) is 2.28. The Labute approximate surface area is 93.1 Å². The van der Waals surface area contributed by atoms with Crippen LogP contribution in [0, 0.1) is 0 Å². The van der Waals surface area contributed by atoms with Crippen LogP contribution in [0.15, 0.2) is 6.07 Å². The van der Waals surface area contributed by atoms with Gasteiger partial charge >= 0.3 is 0 Å². The lowest BCUT2D eigenvalue weighted by Gasteiger charge is -2.22. The molecule has 1 aromatic heterocycles. The van der Waals surface area contributed by atoms with Crippen LogP contribution in [0.5, 0.6) is 0 Å². The van der Waals surface area contributed by atoms with Gasteiger partial charge in [-0.25, -0.2) is 0 Å². The number of aromatic nitrogens is 2. The van der Waals surface area contributed by atoms with E-state index in [0.29, 0.717) is 0 Å². The third-order valence-corrected chi connectivity index (χ3v) is 3.25. The first-order valence-electron chi connectivity index (χ1n) is 5.91. The molecule has 0 aromatic carbocycles. The highest BCUT2D eigenvalue weighted by atomic mass is 15.1. The average molecular weight is 206 g/mol. The maximum Gasteiger partial charge on any atom is 0.0690 e. The molecule has 1 rings (SSSR count). The van der Waals surface area contributed by atoms with Crippen LogP contribution >= 0.6 is 0 Å². The molecule has 0 radical (unpaired) electrons. The van der Waals surface area contributed by atoms with E-state index in [2.05, 4.69) is 50.9 Å². The lowest BCUT2D eigenvalue weighted by Crippen LogP contribution is -2.19. The Balaban J connectivity index is 3.13. The van der Waals surface area contributed by atoms with E-state index in [4.69, 9.17) is 0 Å². The van der Waals surface area contributed by atoms with Gasteiger partial charge in [-0.3, -0.25) is 0 Å². The maximum atomic E-state index is 4.35. The molecule has 0 aliphatic carbocycles. The number of hydrogen-bond donors (Lipinski definition) is 0. The predicted octanol–water partition coefficient (Wildman–Crippen LogP) is 3.29. The van der Waals surface area contributed by atoms with E-state index < -0.39 is 0 Å². The quantitative estimate of drug-likeness (QED) is 0.755. The zero-order chi connectivity index (χ0) is 11.5. The van der Waals surface area contributed by atoms with Gasteiger partial charge in [0.1, 0.15) is 0 Å². The van der Waals surface area contributed by atoms with Gasteiger partial charge in [-0.05, 0) is 30.9 Å². The molecule has 0 spiro atoms. The Morgan fingerprint density at radius 3 is 2.20 bits per heavy atom. The van der Waals surface area contributed by atoms with E-state index in [1.54, 1.807) is 0 Å². The lowest BCUT2D eigenvalue weighted by molar-refractivity contribution is 0.481. The molecule has 0 saturated carbocycles. The molecule has 0 atom stereocenters. The van der Waals surface area contributed by atoms with Gasteiger partial charge in [0, 0.05) is 5.41 Å². The second kappa shape index (κ2) is 4.73. The number of aryl methyl sites for hydroxylation is 2. The summed E-state index contributed by atoms with van der Waals surface area (Å²) in [4.78, 5) is 0. The van der Waals surface area contributed by atoms with Crippen LogP contribution in [0.1, 0.15) is 58.0 Å². The first-order valence-corrected chi connectivity index (χ1v) is 5.91. The van der Waals surface area contributed by atoms with Gasteiger partial charge in [0.2, 0.25) is 0 Å². The van der Waals surface area contributed by atoms with Gasteiger partial charge < -0.3 is 0 Å². The predicted molar refractivity (Wildman–Crippen MR) is 64.1 cm³/mol. The minimum atomic E-state index is 0.142. The number of hydrogen-bond acceptors (Lipinski definition) is 2. The fourth-order valence-electron chi connectivity index (χ4n) is 1.57. The molecule has 1 heterocycles. The summed E-state index contributed by atoms with van der Waals surface area (Å²) < 4.78 is 0. The maximum absolute atomic E-state index is 4.35. The molecular weight excluding hydrogens is 184 g/mol. The zero-order valence-electron chi connectivity index (χ0n) is 10.6. The van der Waals surface area contributed by atoms with Crippen LogP contribution in [0.25, 0.3) is 0 Å². The van der Waals surface area contributed by atoms with E-state index >= 15 is 0 Å². The Morgan fingerprint density at radius 1 is 1.07 bits per heavy atom. The minimum absolute atomic E-state index is 0.142. The summed E-state index contributed by atoms with van der Waals surface area (Å²) >= 11 is 0. The van der Waals surface area contributed by atoms with Gasteiger partial charge in [0.25, 0.3) is 0 Å². The van der Waals surface area contributed by atoms with Crippen LogP contribution in [0.4, 0.5) is 0 Å². The van der Waals surface area contributed by atoms with Crippen molar-refractivity contribution >= 4 is 0 Å². The SMILES string of the molecule is CCc1cc(C(C)(C)CC)nnc1CC. The van der Waals surface area contributed by atoms with Crippen molar-refractivity contribution in [3.63, 3.8) is 0 Å². The van der Waals surface area contributed by atoms with Crippen molar-refractivity contribution in [1.29, 1.82) is 0 Å². The Hall–Kier alpha value is -0.920. The van der Waals surface area contributed by atoms with Gasteiger partial charge in [-0.2, -0.15) is 10.2 Å². The molecule has 0 fully saturated rings. The molecule has 0 aliphatic heterocycles. The standard InChI is InChI=1S/C13H22N2/c1-6-10-9-12(13(4,5)8-3)15-14-11(10)7-2/h9H,6-8H2,1-5H3. The third kappa shape index (κ3) is 2.55. The molecule has 0 bridgehead atoms. The first-order chi connectivity index (χ1) is 7.05. The van der Waals surface area contributed by atoms with Crippen LogP contribution in [0.3, 0.4) is 0 Å². The summed E-state index contributed by atoms with van der Waals surface area (Å²) in [6.07, 6.45) is 3.12. The highest BCUT2D eigenvalue weighted by Gasteiger charge is 2.21. The van der Waals surface area contributed by atoms with Gasteiger partial charge in [0.05, 0.1) is 11.4 Å². The Kier molecular flexibility index (Phi) is 3.83. The highest BCUT2D eigenvalue weighted by Crippen LogP contribution is 2.25. The minimum Gasteiger partial charge on any atom is -0.155 e. The summed E-state index contributed by atoms with van der Waals surface area (Å²) in [6, 6.07) is 2.23. The Bertz CT molecular complexity index is 329. The summed E-state index contributed by atoms with van der Waals surface area (Å²) in [6.45, 7) is 11.0. The molecule has 0 amide bonds. The van der Waals surface area contributed by atoms with E-state index in [0.717, 1.165) is 30.7 Å². The fourth-order valence-corrected chi connectivity index (χ4v) is 1.57. The molecule has 2 nitrogen and oxygen atoms in total. The van der Waals surface area contributed by atoms with Crippen molar-refractivity contribution in [2.24, 2.45) is 0 Å². The molecule has 0 aliphatic rings. The van der Waals surface area contributed by atoms with E-state index in [1.807, 2.05) is 0 Å².